The Hall–Kier alpha value is -3.70. The van der Waals surface area contributed by atoms with Gasteiger partial charge in [-0.1, -0.05) is 163 Å². The van der Waals surface area contributed by atoms with Crippen LogP contribution in [0.5, 0.6) is 0 Å². The zero-order valence-electron chi connectivity index (χ0n) is 29.7. The van der Waals surface area contributed by atoms with E-state index in [4.69, 9.17) is 9.16 Å². The molecule has 0 aliphatic heterocycles. The van der Waals surface area contributed by atoms with E-state index in [0.717, 1.165) is 21.5 Å². The highest BCUT2D eigenvalue weighted by atomic mass is 31.2. The number of ether oxygens (including phenoxy) is 1. The average Bonchev–Trinajstić information content (AvgIpc) is 3.09. The summed E-state index contributed by atoms with van der Waals surface area (Å²) in [6, 6.07) is 39.4. The van der Waals surface area contributed by atoms with E-state index in [9.17, 15) is 9.59 Å². The van der Waals surface area contributed by atoms with Crippen molar-refractivity contribution in [2.45, 2.75) is 83.8 Å². The summed E-state index contributed by atoms with van der Waals surface area (Å²) in [5, 5.41) is 3.17. The number of esters is 1. The van der Waals surface area contributed by atoms with Crippen molar-refractivity contribution in [3.8, 4) is 0 Å². The maximum absolute atomic E-state index is 14.8. The van der Waals surface area contributed by atoms with Crippen LogP contribution in [0.25, 0.3) is 0 Å². The van der Waals surface area contributed by atoms with Crippen LogP contribution in [0.1, 0.15) is 54.0 Å². The molecule has 1 amide bonds. The first-order valence-electron chi connectivity index (χ1n) is 17.0. The first kappa shape index (κ1) is 37.1. The summed E-state index contributed by atoms with van der Waals surface area (Å²) in [7, 11) is -0.706. The minimum Gasteiger partial charge on any atom is -0.459 e. The number of amides is 1. The van der Waals surface area contributed by atoms with Gasteiger partial charge in [0.25, 0.3) is 0 Å². The number of rotatable bonds is 14. The highest BCUT2D eigenvalue weighted by molar-refractivity contribution is 7.95. The minimum atomic E-state index is -2.62. The van der Waals surface area contributed by atoms with E-state index in [1.807, 2.05) is 97.6 Å². The molecule has 0 saturated carbocycles. The van der Waals surface area contributed by atoms with Gasteiger partial charge in [0.1, 0.15) is 6.61 Å². The highest BCUT2D eigenvalue weighted by Crippen LogP contribution is 2.45. The third kappa shape index (κ3) is 7.94. The zero-order chi connectivity index (χ0) is 34.9. The third-order valence-electron chi connectivity index (χ3n) is 9.57. The van der Waals surface area contributed by atoms with Crippen LogP contribution in [0, 0.1) is 0 Å². The predicted molar refractivity (Wildman–Crippen MR) is 206 cm³/mol. The number of hydrogen-bond acceptors (Lipinski definition) is 4. The molecule has 0 N–H and O–H groups in total. The molecule has 2 atom stereocenters. The Labute approximate surface area is 289 Å². The van der Waals surface area contributed by atoms with Crippen molar-refractivity contribution in [3.63, 3.8) is 0 Å². The van der Waals surface area contributed by atoms with E-state index in [1.165, 1.54) is 0 Å². The Morgan fingerprint density at radius 3 is 1.40 bits per heavy atom. The van der Waals surface area contributed by atoms with Crippen molar-refractivity contribution < 1.29 is 18.8 Å². The lowest BCUT2D eigenvalue weighted by molar-refractivity contribution is -0.157. The Morgan fingerprint density at radius 1 is 0.646 bits per heavy atom. The van der Waals surface area contributed by atoms with Gasteiger partial charge < -0.3 is 14.1 Å². The molecule has 7 heteroatoms. The van der Waals surface area contributed by atoms with Crippen LogP contribution in [0.15, 0.2) is 121 Å². The Balaban J connectivity index is 1.87. The van der Waals surface area contributed by atoms with E-state index >= 15 is 0 Å². The molecule has 0 radical (unpaired) electrons. The standard InChI is InChI=1S/C41H52NO4PSi/c1-31(2)48(32(3)4,33(5)6)46-34(7)40(41(44)45-29-35-21-13-9-14-22-35)42(8)39(43)30-47(36-23-15-10-16-24-36,37-25-17-11-18-26-37)38-27-19-12-20-28-38/h9-28,30-34,40H,29H2,1-8H3/t34-,40+/m1/s1. The number of carbonyl (C=O) groups is 2. The van der Waals surface area contributed by atoms with Crippen molar-refractivity contribution in [1.82, 2.24) is 4.90 Å². The van der Waals surface area contributed by atoms with Gasteiger partial charge >= 0.3 is 5.97 Å². The molecule has 254 valence electrons. The van der Waals surface area contributed by atoms with Crippen molar-refractivity contribution in [2.24, 2.45) is 0 Å². The van der Waals surface area contributed by atoms with Gasteiger partial charge in [0.05, 0.1) is 6.10 Å². The summed E-state index contributed by atoms with van der Waals surface area (Å²) in [5.41, 5.74) is 1.81. The summed E-state index contributed by atoms with van der Waals surface area (Å²) in [6.07, 6.45) is -0.590. The van der Waals surface area contributed by atoms with Crippen molar-refractivity contribution >= 4 is 48.8 Å². The molecule has 4 rings (SSSR count). The normalized spacial score (nSPS) is 13.3. The Morgan fingerprint density at radius 2 is 1.02 bits per heavy atom. The molecule has 0 aliphatic carbocycles. The maximum atomic E-state index is 14.8. The fourth-order valence-electron chi connectivity index (χ4n) is 7.33. The lowest BCUT2D eigenvalue weighted by Gasteiger charge is -2.46. The van der Waals surface area contributed by atoms with E-state index in [2.05, 4.69) is 77.9 Å². The topological polar surface area (TPSA) is 55.8 Å². The highest BCUT2D eigenvalue weighted by Gasteiger charge is 2.48. The molecule has 4 aromatic carbocycles. The number of nitrogens with zero attached hydrogens (tertiary/aromatic N) is 1. The number of likely N-dealkylation sites (N-methyl/N-ethyl adjacent to an activating group) is 1. The van der Waals surface area contributed by atoms with Gasteiger partial charge in [-0.25, -0.2) is 4.79 Å². The summed E-state index contributed by atoms with van der Waals surface area (Å²) < 4.78 is 13.1. The first-order chi connectivity index (χ1) is 22.9. The fourth-order valence-corrected chi connectivity index (χ4v) is 16.7. The van der Waals surface area contributed by atoms with Crippen molar-refractivity contribution in [3.05, 3.63) is 127 Å². The summed E-state index contributed by atoms with van der Waals surface area (Å²) in [4.78, 5) is 30.6. The van der Waals surface area contributed by atoms with Gasteiger partial charge in [-0.05, 0) is 51.9 Å². The van der Waals surface area contributed by atoms with E-state index in [0.29, 0.717) is 16.6 Å². The molecule has 5 nitrogen and oxygen atoms in total. The number of hydrogen-bond donors (Lipinski definition) is 0. The first-order valence-corrected chi connectivity index (χ1v) is 21.0. The largest absolute Gasteiger partial charge is 0.459 e. The van der Waals surface area contributed by atoms with Crippen LogP contribution in [0.3, 0.4) is 0 Å². The molecule has 0 bridgehead atoms. The Kier molecular flexibility index (Phi) is 12.8. The van der Waals surface area contributed by atoms with Gasteiger partial charge in [0.2, 0.25) is 14.2 Å². The van der Waals surface area contributed by atoms with Crippen LogP contribution < -0.4 is 15.9 Å². The summed E-state index contributed by atoms with van der Waals surface area (Å²) in [5.74, 6) is 1.15. The quantitative estimate of drug-likeness (QED) is 0.0771. The van der Waals surface area contributed by atoms with Crippen molar-refractivity contribution in [2.75, 3.05) is 7.05 Å². The zero-order valence-corrected chi connectivity index (χ0v) is 31.6. The van der Waals surface area contributed by atoms with Crippen LogP contribution in [-0.4, -0.2) is 50.1 Å². The molecule has 48 heavy (non-hydrogen) atoms. The second-order valence-corrected chi connectivity index (χ2v) is 22.1. The number of benzene rings is 4. The van der Waals surface area contributed by atoms with Crippen LogP contribution >= 0.6 is 6.89 Å². The molecule has 0 spiro atoms. The van der Waals surface area contributed by atoms with E-state index < -0.39 is 33.3 Å². The second-order valence-electron chi connectivity index (χ2n) is 13.5. The van der Waals surface area contributed by atoms with Crippen LogP contribution in [0.4, 0.5) is 0 Å². The van der Waals surface area contributed by atoms with E-state index in [1.54, 1.807) is 11.9 Å². The summed E-state index contributed by atoms with van der Waals surface area (Å²) >= 11 is 0. The molecule has 0 heterocycles. The van der Waals surface area contributed by atoms with Gasteiger partial charge in [0, 0.05) is 12.8 Å². The Bertz CT molecular complexity index is 1540. The van der Waals surface area contributed by atoms with E-state index in [-0.39, 0.29) is 12.5 Å². The molecule has 0 fully saturated rings. The minimum absolute atomic E-state index is 0.116. The average molecular weight is 682 g/mol. The monoisotopic (exact) mass is 681 g/mol. The van der Waals surface area contributed by atoms with Gasteiger partial charge in [0.15, 0.2) is 6.04 Å². The molecule has 4 aromatic rings. The van der Waals surface area contributed by atoms with Crippen LogP contribution in [-0.2, 0) is 25.4 Å². The predicted octanol–water partition coefficient (Wildman–Crippen LogP) is 7.93. The van der Waals surface area contributed by atoms with Gasteiger partial charge in [-0.3, -0.25) is 4.79 Å². The third-order valence-corrected chi connectivity index (χ3v) is 19.7. The molecular formula is C41H52NO4PSi. The number of carbonyl (C=O) groups excluding carboxylic acids is 2. The maximum Gasteiger partial charge on any atom is 0.331 e. The fraction of sp³-hybridized carbons (Fsp3) is 0.341. The summed E-state index contributed by atoms with van der Waals surface area (Å²) in [6.45, 7) is 12.8. The lowest BCUT2D eigenvalue weighted by Crippen LogP contribution is -2.57. The lowest BCUT2D eigenvalue weighted by atomic mass is 10.1. The van der Waals surface area contributed by atoms with Crippen molar-refractivity contribution in [1.29, 1.82) is 0 Å². The molecule has 0 aromatic heterocycles. The van der Waals surface area contributed by atoms with Crippen LogP contribution in [0.2, 0.25) is 16.6 Å². The molecule has 0 unspecified atom stereocenters. The molecule has 0 aliphatic rings. The molecule has 0 saturated heterocycles. The second kappa shape index (κ2) is 16.6. The van der Waals surface area contributed by atoms with Gasteiger partial charge in [-0.15, -0.1) is 0 Å². The molecular weight excluding hydrogens is 630 g/mol. The SMILES string of the molecule is CC(C)[Si](O[C@H](C)[C@@H](C(=O)OCc1ccccc1)N(C)C(=O)C=P(c1ccccc1)(c1ccccc1)c1ccccc1)(C(C)C)C(C)C. The smallest absolute Gasteiger partial charge is 0.331 e. The van der Waals surface area contributed by atoms with Gasteiger partial charge in [-0.2, -0.15) is 0 Å².